The minimum Gasteiger partial charge on any atom is -0.204 e. The zero-order valence-corrected chi connectivity index (χ0v) is 10.3. The van der Waals surface area contributed by atoms with Gasteiger partial charge in [0, 0.05) is 8.27 Å². The van der Waals surface area contributed by atoms with E-state index >= 15 is 0 Å². The third-order valence-corrected chi connectivity index (χ3v) is 4.99. The smallest absolute Gasteiger partial charge is 0.204 e. The van der Waals surface area contributed by atoms with Crippen molar-refractivity contribution in [3.8, 4) is 0 Å². The molecule has 0 unspecified atom stereocenters. The Hall–Kier alpha value is -0.230. The second kappa shape index (κ2) is 3.73. The number of halogens is 3. The molecule has 0 fully saturated rings. The summed E-state index contributed by atoms with van der Waals surface area (Å²) in [6.45, 7) is 1.99. The predicted octanol–water partition coefficient (Wildman–Crippen LogP) is 4.75. The Bertz CT molecular complexity index is 476. The van der Waals surface area contributed by atoms with Crippen LogP contribution in [-0.2, 0) is 0 Å². The maximum Gasteiger partial charge on any atom is 0.272 e. The summed E-state index contributed by atoms with van der Waals surface area (Å²) in [5.74, 6) is 0. The molecule has 14 heavy (non-hydrogen) atoms. The minimum atomic E-state index is -2.36. The molecule has 0 amide bonds. The highest BCUT2D eigenvalue weighted by Gasteiger charge is 2.13. The summed E-state index contributed by atoms with van der Waals surface area (Å²) in [6, 6.07) is 5.44. The molecule has 1 aromatic carbocycles. The van der Waals surface area contributed by atoms with Crippen molar-refractivity contribution >= 4 is 44.0 Å². The van der Waals surface area contributed by atoms with E-state index in [0.29, 0.717) is 0 Å². The average Bonchev–Trinajstić information content (AvgIpc) is 2.56. The van der Waals surface area contributed by atoms with E-state index in [0.717, 1.165) is 19.2 Å². The molecule has 1 heterocycles. The number of thiophene rings is 1. The van der Waals surface area contributed by atoms with Crippen molar-refractivity contribution in [2.24, 2.45) is 0 Å². The van der Waals surface area contributed by atoms with Crippen LogP contribution in [0.15, 0.2) is 18.2 Å². The van der Waals surface area contributed by atoms with Gasteiger partial charge < -0.3 is 0 Å². The van der Waals surface area contributed by atoms with Gasteiger partial charge in [0.2, 0.25) is 0 Å². The fraction of sp³-hybridized carbons (Fsp3) is 0.200. The van der Waals surface area contributed by atoms with Crippen molar-refractivity contribution in [1.82, 2.24) is 0 Å². The molecule has 0 saturated carbocycles. The average molecular weight is 324 g/mol. The maximum absolute atomic E-state index is 12.4. The number of alkyl halides is 2. The normalized spacial score (nSPS) is 11.5. The molecular weight excluding hydrogens is 317 g/mol. The molecule has 2 rings (SSSR count). The number of benzene rings is 1. The van der Waals surface area contributed by atoms with Crippen LogP contribution in [-0.4, -0.2) is 0 Å². The van der Waals surface area contributed by atoms with E-state index in [9.17, 15) is 8.78 Å². The summed E-state index contributed by atoms with van der Waals surface area (Å²) < 4.78 is 26.9. The van der Waals surface area contributed by atoms with Gasteiger partial charge in [-0.05, 0) is 46.5 Å². The molecule has 74 valence electrons. The van der Waals surface area contributed by atoms with Crippen molar-refractivity contribution in [3.63, 3.8) is 0 Å². The summed E-state index contributed by atoms with van der Waals surface area (Å²) in [5, 5.41) is 0.917. The van der Waals surface area contributed by atoms with Crippen LogP contribution >= 0.6 is 33.9 Å². The predicted molar refractivity (Wildman–Crippen MR) is 64.2 cm³/mol. The molecule has 1 aromatic heterocycles. The lowest BCUT2D eigenvalue weighted by atomic mass is 10.2. The van der Waals surface area contributed by atoms with Crippen LogP contribution in [0, 0.1) is 10.5 Å². The number of hydrogen-bond acceptors (Lipinski definition) is 1. The zero-order valence-electron chi connectivity index (χ0n) is 7.35. The molecule has 0 radical (unpaired) electrons. The van der Waals surface area contributed by atoms with E-state index in [1.165, 1.54) is 11.3 Å². The van der Waals surface area contributed by atoms with Crippen molar-refractivity contribution in [3.05, 3.63) is 32.2 Å². The Balaban J connectivity index is 2.71. The third kappa shape index (κ3) is 1.65. The molecule has 0 spiro atoms. The van der Waals surface area contributed by atoms with Gasteiger partial charge in [-0.15, -0.1) is 11.3 Å². The minimum absolute atomic E-state index is 0.156. The molecule has 0 aliphatic heterocycles. The molecule has 0 saturated heterocycles. The van der Waals surface area contributed by atoms with E-state index in [1.54, 1.807) is 6.07 Å². The Morgan fingerprint density at radius 2 is 2.07 bits per heavy atom. The molecule has 0 aliphatic rings. The highest BCUT2D eigenvalue weighted by Crippen LogP contribution is 2.35. The highest BCUT2D eigenvalue weighted by atomic mass is 127. The van der Waals surface area contributed by atoms with Gasteiger partial charge in [-0.3, -0.25) is 0 Å². The Morgan fingerprint density at radius 1 is 1.36 bits per heavy atom. The Morgan fingerprint density at radius 3 is 2.71 bits per heavy atom. The van der Waals surface area contributed by atoms with Gasteiger partial charge in [-0.2, -0.15) is 0 Å². The molecule has 0 atom stereocenters. The summed E-state index contributed by atoms with van der Waals surface area (Å²) in [5.41, 5.74) is 1.14. The summed E-state index contributed by atoms with van der Waals surface area (Å²) >= 11 is 3.39. The van der Waals surface area contributed by atoms with Crippen molar-refractivity contribution < 1.29 is 8.78 Å². The summed E-state index contributed by atoms with van der Waals surface area (Å²) in [6.07, 6.45) is -2.36. The monoisotopic (exact) mass is 324 g/mol. The van der Waals surface area contributed by atoms with E-state index in [4.69, 9.17) is 0 Å². The molecule has 0 nitrogen and oxygen atoms in total. The Kier molecular flexibility index (Phi) is 2.74. The van der Waals surface area contributed by atoms with E-state index in [-0.39, 0.29) is 4.88 Å². The largest absolute Gasteiger partial charge is 0.272 e. The van der Waals surface area contributed by atoms with Gasteiger partial charge in [-0.25, -0.2) is 8.78 Å². The van der Waals surface area contributed by atoms with Gasteiger partial charge in [0.1, 0.15) is 0 Å². The molecule has 0 N–H and O–H groups in total. The topological polar surface area (TPSA) is 0 Å². The second-order valence-corrected chi connectivity index (χ2v) is 5.23. The highest BCUT2D eigenvalue weighted by molar-refractivity contribution is 14.1. The van der Waals surface area contributed by atoms with E-state index in [1.807, 2.05) is 19.1 Å². The van der Waals surface area contributed by atoms with Gasteiger partial charge in [-0.1, -0.05) is 12.1 Å². The van der Waals surface area contributed by atoms with Gasteiger partial charge in [0.15, 0.2) is 0 Å². The molecule has 2 aromatic rings. The van der Waals surface area contributed by atoms with Gasteiger partial charge in [0.05, 0.1) is 4.88 Å². The number of hydrogen-bond donors (Lipinski definition) is 0. The number of rotatable bonds is 1. The first kappa shape index (κ1) is 10.3. The van der Waals surface area contributed by atoms with Crippen LogP contribution in [0.25, 0.3) is 10.1 Å². The quantitative estimate of drug-likeness (QED) is 0.664. The zero-order chi connectivity index (χ0) is 10.3. The first-order valence-corrected chi connectivity index (χ1v) is 5.96. The van der Waals surface area contributed by atoms with Crippen LogP contribution in [0.4, 0.5) is 8.78 Å². The summed E-state index contributed by atoms with van der Waals surface area (Å²) in [4.78, 5) is 0.156. The van der Waals surface area contributed by atoms with Gasteiger partial charge in [0.25, 0.3) is 6.43 Å². The molecule has 0 bridgehead atoms. The van der Waals surface area contributed by atoms with Crippen molar-refractivity contribution in [1.29, 1.82) is 0 Å². The molecular formula is C10H7F2IS. The Labute approximate surface area is 98.1 Å². The lowest BCUT2D eigenvalue weighted by Crippen LogP contribution is -1.77. The summed E-state index contributed by atoms with van der Waals surface area (Å²) in [7, 11) is 0. The first-order chi connectivity index (χ1) is 6.59. The number of aryl methyl sites for hydroxylation is 1. The van der Waals surface area contributed by atoms with E-state index in [2.05, 4.69) is 22.6 Å². The standard InChI is InChI=1S/C10H7F2IS/c1-5-2-3-6-4-7(10(11)12)14-9(6)8(5)13/h2-4,10H,1H3. The maximum atomic E-state index is 12.4. The molecule has 4 heteroatoms. The lowest BCUT2D eigenvalue weighted by molar-refractivity contribution is 0.156. The van der Waals surface area contributed by atoms with Crippen LogP contribution in [0.2, 0.25) is 0 Å². The number of fused-ring (bicyclic) bond motifs is 1. The second-order valence-electron chi connectivity index (χ2n) is 3.06. The van der Waals surface area contributed by atoms with Crippen LogP contribution in [0.1, 0.15) is 16.9 Å². The molecule has 0 aliphatic carbocycles. The van der Waals surface area contributed by atoms with Crippen molar-refractivity contribution in [2.45, 2.75) is 13.3 Å². The SMILES string of the molecule is Cc1ccc2cc(C(F)F)sc2c1I. The van der Waals surface area contributed by atoms with Crippen LogP contribution in [0.3, 0.4) is 0 Å². The third-order valence-electron chi connectivity index (χ3n) is 2.05. The van der Waals surface area contributed by atoms with Gasteiger partial charge >= 0.3 is 0 Å². The van der Waals surface area contributed by atoms with Crippen LogP contribution < -0.4 is 0 Å². The van der Waals surface area contributed by atoms with E-state index < -0.39 is 6.43 Å². The first-order valence-electron chi connectivity index (χ1n) is 4.06. The fourth-order valence-electron chi connectivity index (χ4n) is 1.29. The lowest BCUT2D eigenvalue weighted by Gasteiger charge is -1.97. The van der Waals surface area contributed by atoms with Crippen molar-refractivity contribution in [2.75, 3.05) is 0 Å². The van der Waals surface area contributed by atoms with Crippen LogP contribution in [0.5, 0.6) is 0 Å². The fourth-order valence-corrected chi connectivity index (χ4v) is 3.12.